The van der Waals surface area contributed by atoms with Crippen LogP contribution < -0.4 is 4.74 Å². The van der Waals surface area contributed by atoms with E-state index in [9.17, 15) is 5.26 Å². The van der Waals surface area contributed by atoms with Crippen LogP contribution in [0.4, 0.5) is 0 Å². The predicted molar refractivity (Wildman–Crippen MR) is 76.1 cm³/mol. The Labute approximate surface area is 115 Å². The van der Waals surface area contributed by atoms with E-state index < -0.39 is 0 Å². The first kappa shape index (κ1) is 13.9. The van der Waals surface area contributed by atoms with Gasteiger partial charge in [0.2, 0.25) is 0 Å². The Hall–Kier alpha value is -1.53. The molecule has 0 aliphatic heterocycles. The van der Waals surface area contributed by atoms with Gasteiger partial charge in [-0.05, 0) is 44.0 Å². The van der Waals surface area contributed by atoms with Crippen molar-refractivity contribution in [2.75, 3.05) is 27.2 Å². The van der Waals surface area contributed by atoms with Crippen LogP contribution in [0.25, 0.3) is 0 Å². The van der Waals surface area contributed by atoms with Gasteiger partial charge in [0.25, 0.3) is 0 Å². The summed E-state index contributed by atoms with van der Waals surface area (Å²) in [5.74, 6) is 0.910. The van der Waals surface area contributed by atoms with Crippen molar-refractivity contribution in [3.05, 3.63) is 29.8 Å². The molecule has 0 bridgehead atoms. The lowest BCUT2D eigenvalue weighted by Crippen LogP contribution is -2.40. The van der Waals surface area contributed by atoms with Crippen molar-refractivity contribution >= 4 is 0 Å². The maximum Gasteiger partial charge on any atom is 0.119 e. The Kier molecular flexibility index (Phi) is 4.44. The van der Waals surface area contributed by atoms with E-state index in [1.165, 1.54) is 12.0 Å². The van der Waals surface area contributed by atoms with Crippen molar-refractivity contribution in [1.82, 2.24) is 4.90 Å². The lowest BCUT2D eigenvalue weighted by molar-refractivity contribution is 0.139. The summed E-state index contributed by atoms with van der Waals surface area (Å²) in [7, 11) is 3.80. The summed E-state index contributed by atoms with van der Waals surface area (Å²) in [6, 6.07) is 10.7. The molecule has 0 radical (unpaired) electrons. The van der Waals surface area contributed by atoms with E-state index >= 15 is 0 Å². The molecule has 0 amide bonds. The third-order valence-corrected chi connectivity index (χ3v) is 4.04. The number of nitriles is 1. The summed E-state index contributed by atoms with van der Waals surface area (Å²) in [6.07, 6.45) is 4.33. The zero-order valence-corrected chi connectivity index (χ0v) is 11.9. The third-order valence-electron chi connectivity index (χ3n) is 4.04. The van der Waals surface area contributed by atoms with Crippen molar-refractivity contribution < 1.29 is 4.74 Å². The number of hydrogen-bond acceptors (Lipinski definition) is 3. The SMILES string of the molecule is COc1cccc(CCN(C)CC2(C#N)CCC2)c1. The van der Waals surface area contributed by atoms with E-state index in [-0.39, 0.29) is 5.41 Å². The fourth-order valence-corrected chi connectivity index (χ4v) is 2.65. The minimum atomic E-state index is -0.0663. The van der Waals surface area contributed by atoms with Gasteiger partial charge in [-0.2, -0.15) is 5.26 Å². The van der Waals surface area contributed by atoms with Crippen LogP contribution in [0.3, 0.4) is 0 Å². The average molecular weight is 258 g/mol. The van der Waals surface area contributed by atoms with Crippen LogP contribution in [0, 0.1) is 16.7 Å². The summed E-state index contributed by atoms with van der Waals surface area (Å²) >= 11 is 0. The highest BCUT2D eigenvalue weighted by Gasteiger charge is 2.37. The Morgan fingerprint density at radius 3 is 2.79 bits per heavy atom. The Morgan fingerprint density at radius 1 is 1.42 bits per heavy atom. The number of ether oxygens (including phenoxy) is 1. The number of likely N-dealkylation sites (N-methyl/N-ethyl adjacent to an activating group) is 1. The average Bonchev–Trinajstić information content (AvgIpc) is 2.41. The summed E-state index contributed by atoms with van der Waals surface area (Å²) in [6.45, 7) is 1.88. The minimum Gasteiger partial charge on any atom is -0.497 e. The van der Waals surface area contributed by atoms with Crippen molar-refractivity contribution in [2.24, 2.45) is 5.41 Å². The molecule has 0 unspecified atom stereocenters. The molecule has 0 aromatic heterocycles. The highest BCUT2D eigenvalue weighted by atomic mass is 16.5. The van der Waals surface area contributed by atoms with Crippen molar-refractivity contribution in [3.8, 4) is 11.8 Å². The van der Waals surface area contributed by atoms with E-state index in [0.29, 0.717) is 0 Å². The quantitative estimate of drug-likeness (QED) is 0.787. The maximum atomic E-state index is 9.25. The first-order valence-electron chi connectivity index (χ1n) is 6.90. The zero-order valence-electron chi connectivity index (χ0n) is 11.9. The largest absolute Gasteiger partial charge is 0.497 e. The van der Waals surface area contributed by atoms with Crippen molar-refractivity contribution in [2.45, 2.75) is 25.7 Å². The fraction of sp³-hybridized carbons (Fsp3) is 0.562. The summed E-state index contributed by atoms with van der Waals surface area (Å²) in [5.41, 5.74) is 1.22. The van der Waals surface area contributed by atoms with Crippen LogP contribution >= 0.6 is 0 Å². The second kappa shape index (κ2) is 6.08. The molecular weight excluding hydrogens is 236 g/mol. The van der Waals surface area contributed by atoms with Gasteiger partial charge >= 0.3 is 0 Å². The number of rotatable bonds is 6. The van der Waals surface area contributed by atoms with Gasteiger partial charge < -0.3 is 9.64 Å². The molecule has 0 saturated heterocycles. The lowest BCUT2D eigenvalue weighted by atomic mass is 9.69. The van der Waals surface area contributed by atoms with E-state index in [2.05, 4.69) is 30.1 Å². The van der Waals surface area contributed by atoms with Gasteiger partial charge in [0.05, 0.1) is 18.6 Å². The Bertz CT molecular complexity index is 460. The summed E-state index contributed by atoms with van der Waals surface area (Å²) in [5, 5.41) is 9.25. The lowest BCUT2D eigenvalue weighted by Gasteiger charge is -2.38. The smallest absolute Gasteiger partial charge is 0.119 e. The molecule has 0 heterocycles. The molecule has 19 heavy (non-hydrogen) atoms. The molecule has 2 rings (SSSR count). The van der Waals surface area contributed by atoms with Gasteiger partial charge in [-0.15, -0.1) is 0 Å². The standard InChI is InChI=1S/C16H22N2O/c1-18(13-16(12-17)8-4-9-16)10-7-14-5-3-6-15(11-14)19-2/h3,5-6,11H,4,7-10,13H2,1-2H3. The molecule has 1 aliphatic carbocycles. The van der Waals surface area contributed by atoms with Gasteiger partial charge in [0.15, 0.2) is 0 Å². The normalized spacial score (nSPS) is 16.7. The van der Waals surface area contributed by atoms with Gasteiger partial charge in [0, 0.05) is 13.1 Å². The highest BCUT2D eigenvalue weighted by Crippen LogP contribution is 2.40. The zero-order chi connectivity index (χ0) is 13.7. The van der Waals surface area contributed by atoms with Crippen LogP contribution in [-0.2, 0) is 6.42 Å². The molecule has 1 fully saturated rings. The molecule has 0 spiro atoms. The predicted octanol–water partition coefficient (Wildman–Crippen LogP) is 2.86. The molecule has 1 saturated carbocycles. The van der Waals surface area contributed by atoms with E-state index in [1.807, 2.05) is 12.1 Å². The van der Waals surface area contributed by atoms with Gasteiger partial charge in [-0.25, -0.2) is 0 Å². The van der Waals surface area contributed by atoms with Gasteiger partial charge in [-0.3, -0.25) is 0 Å². The second-order valence-corrected chi connectivity index (χ2v) is 5.58. The molecule has 1 aliphatic rings. The summed E-state index contributed by atoms with van der Waals surface area (Å²) in [4.78, 5) is 2.28. The van der Waals surface area contributed by atoms with E-state index in [0.717, 1.165) is 38.1 Å². The molecule has 0 atom stereocenters. The van der Waals surface area contributed by atoms with Crippen LogP contribution in [-0.4, -0.2) is 32.1 Å². The topological polar surface area (TPSA) is 36.3 Å². The van der Waals surface area contributed by atoms with Crippen LogP contribution in [0.2, 0.25) is 0 Å². The highest BCUT2D eigenvalue weighted by molar-refractivity contribution is 5.28. The molecule has 3 nitrogen and oxygen atoms in total. The summed E-state index contributed by atoms with van der Waals surface area (Å²) < 4.78 is 5.23. The van der Waals surface area contributed by atoms with E-state index in [4.69, 9.17) is 4.74 Å². The minimum absolute atomic E-state index is 0.0663. The third kappa shape index (κ3) is 3.48. The molecule has 1 aromatic rings. The van der Waals surface area contributed by atoms with Crippen LogP contribution in [0.1, 0.15) is 24.8 Å². The van der Waals surface area contributed by atoms with E-state index in [1.54, 1.807) is 7.11 Å². The molecule has 1 aromatic carbocycles. The molecule has 3 heteroatoms. The molecule has 0 N–H and O–H groups in total. The molecular formula is C16H22N2O. The van der Waals surface area contributed by atoms with Gasteiger partial charge in [-0.1, -0.05) is 18.6 Å². The van der Waals surface area contributed by atoms with Gasteiger partial charge in [0.1, 0.15) is 5.75 Å². The van der Waals surface area contributed by atoms with Crippen LogP contribution in [0.15, 0.2) is 24.3 Å². The Morgan fingerprint density at radius 2 is 2.21 bits per heavy atom. The molecule has 102 valence electrons. The fourth-order valence-electron chi connectivity index (χ4n) is 2.65. The number of hydrogen-bond donors (Lipinski definition) is 0. The van der Waals surface area contributed by atoms with Crippen molar-refractivity contribution in [3.63, 3.8) is 0 Å². The number of methoxy groups -OCH3 is 1. The maximum absolute atomic E-state index is 9.25. The monoisotopic (exact) mass is 258 g/mol. The van der Waals surface area contributed by atoms with Crippen LogP contribution in [0.5, 0.6) is 5.75 Å². The number of nitrogens with zero attached hydrogens (tertiary/aromatic N) is 2. The number of benzene rings is 1. The first-order chi connectivity index (χ1) is 9.17. The Balaban J connectivity index is 1.83. The van der Waals surface area contributed by atoms with Crippen molar-refractivity contribution in [1.29, 1.82) is 5.26 Å². The second-order valence-electron chi connectivity index (χ2n) is 5.58. The first-order valence-corrected chi connectivity index (χ1v) is 6.90.